The predicted molar refractivity (Wildman–Crippen MR) is 150 cm³/mol. The van der Waals surface area contributed by atoms with Crippen molar-refractivity contribution in [3.05, 3.63) is 71.8 Å². The van der Waals surface area contributed by atoms with E-state index in [0.717, 1.165) is 38.5 Å². The number of hydrogen-bond donors (Lipinski definition) is 2. The van der Waals surface area contributed by atoms with Gasteiger partial charge in [0.2, 0.25) is 0 Å². The van der Waals surface area contributed by atoms with Gasteiger partial charge in [0, 0.05) is 22.0 Å². The molecule has 0 aliphatic carbocycles. The van der Waals surface area contributed by atoms with E-state index in [2.05, 4.69) is 5.32 Å². The number of pyridine rings is 1. The Balaban J connectivity index is 1.81. The Morgan fingerprint density at radius 3 is 2.05 bits per heavy atom. The molecule has 0 aliphatic rings. The summed E-state index contributed by atoms with van der Waals surface area (Å²) in [6, 6.07) is 19.0. The zero-order valence-electron chi connectivity index (χ0n) is 22.7. The van der Waals surface area contributed by atoms with Gasteiger partial charge in [-0.15, -0.1) is 0 Å². The number of hydrogen-bond acceptors (Lipinski definition) is 6. The smallest absolute Gasteiger partial charge is 0.412 e. The van der Waals surface area contributed by atoms with Gasteiger partial charge in [-0.25, -0.2) is 9.78 Å². The third-order valence-corrected chi connectivity index (χ3v) is 5.68. The predicted octanol–water partition coefficient (Wildman–Crippen LogP) is 6.78. The molecule has 0 spiro atoms. The molecule has 2 N–H and O–H groups in total. The molecule has 7 nitrogen and oxygen atoms in total. The Hall–Kier alpha value is -3.97. The van der Waals surface area contributed by atoms with E-state index in [0.29, 0.717) is 11.2 Å². The van der Waals surface area contributed by atoms with E-state index < -0.39 is 17.3 Å². The van der Waals surface area contributed by atoms with Crippen LogP contribution in [0.5, 0.6) is 0 Å². The minimum atomic E-state index is -0.611. The number of carbonyl (C=O) groups excluding carboxylic acids is 2. The molecule has 7 heteroatoms. The Morgan fingerprint density at radius 2 is 1.42 bits per heavy atom. The molecule has 4 aromatic rings. The summed E-state index contributed by atoms with van der Waals surface area (Å²) in [6.07, 6.45) is -0.392. The van der Waals surface area contributed by atoms with Crippen LogP contribution in [0.15, 0.2) is 60.7 Å². The summed E-state index contributed by atoms with van der Waals surface area (Å²) in [7, 11) is 0. The number of aromatic nitrogens is 1. The van der Waals surface area contributed by atoms with E-state index in [1.54, 1.807) is 0 Å². The molecule has 0 radical (unpaired) electrons. The molecular formula is C31H34N2O5. The van der Waals surface area contributed by atoms with Crippen molar-refractivity contribution < 1.29 is 24.2 Å². The summed E-state index contributed by atoms with van der Waals surface area (Å²) in [6.45, 7) is 10.9. The van der Waals surface area contributed by atoms with E-state index in [4.69, 9.17) is 14.5 Å². The highest BCUT2D eigenvalue weighted by molar-refractivity contribution is 6.12. The van der Waals surface area contributed by atoms with Crippen LogP contribution in [0.4, 0.5) is 10.5 Å². The highest BCUT2D eigenvalue weighted by Gasteiger charge is 2.19. The average molecular weight is 515 g/mol. The molecule has 0 unspecified atom stereocenters. The minimum absolute atomic E-state index is 0.0497. The van der Waals surface area contributed by atoms with E-state index in [1.165, 1.54) is 0 Å². The fraction of sp³-hybridized carbons (Fsp3) is 0.323. The Labute approximate surface area is 222 Å². The van der Waals surface area contributed by atoms with Crippen molar-refractivity contribution >= 4 is 39.4 Å². The van der Waals surface area contributed by atoms with Gasteiger partial charge in [0.15, 0.2) is 0 Å². The maximum atomic E-state index is 12.5. The Kier molecular flexibility index (Phi) is 7.42. The van der Waals surface area contributed by atoms with Gasteiger partial charge < -0.3 is 14.6 Å². The number of aliphatic hydroxyl groups is 1. The van der Waals surface area contributed by atoms with Gasteiger partial charge in [0.05, 0.1) is 24.2 Å². The first-order valence-corrected chi connectivity index (χ1v) is 12.6. The quantitative estimate of drug-likeness (QED) is 0.225. The fourth-order valence-corrected chi connectivity index (χ4v) is 4.20. The molecule has 0 saturated carbocycles. The molecule has 0 fully saturated rings. The van der Waals surface area contributed by atoms with Crippen LogP contribution >= 0.6 is 0 Å². The van der Waals surface area contributed by atoms with Crippen molar-refractivity contribution in [1.29, 1.82) is 0 Å². The van der Waals surface area contributed by atoms with Crippen LogP contribution in [0.3, 0.4) is 0 Å². The maximum Gasteiger partial charge on any atom is 0.412 e. The second-order valence-electron chi connectivity index (χ2n) is 11.3. The van der Waals surface area contributed by atoms with Crippen molar-refractivity contribution in [3.63, 3.8) is 0 Å². The molecule has 0 atom stereocenters. The topological polar surface area (TPSA) is 97.8 Å². The largest absolute Gasteiger partial charge is 0.460 e. The van der Waals surface area contributed by atoms with Gasteiger partial charge in [-0.2, -0.15) is 0 Å². The van der Waals surface area contributed by atoms with Crippen molar-refractivity contribution in [1.82, 2.24) is 4.98 Å². The number of nitrogens with one attached hydrogen (secondary N) is 1. The molecule has 3 aromatic carbocycles. The monoisotopic (exact) mass is 514 g/mol. The zero-order valence-corrected chi connectivity index (χ0v) is 22.7. The molecule has 38 heavy (non-hydrogen) atoms. The number of anilines is 1. The third-order valence-electron chi connectivity index (χ3n) is 5.68. The zero-order chi connectivity index (χ0) is 27.7. The Morgan fingerprint density at radius 1 is 0.789 bits per heavy atom. The van der Waals surface area contributed by atoms with Crippen LogP contribution in [-0.2, 0) is 27.3 Å². The second-order valence-corrected chi connectivity index (χ2v) is 11.3. The number of fused-ring (bicyclic) bond motifs is 3. The summed E-state index contributed by atoms with van der Waals surface area (Å²) in [4.78, 5) is 29.8. The lowest BCUT2D eigenvalue weighted by atomic mass is 9.96. The molecule has 1 aromatic heterocycles. The molecule has 1 heterocycles. The maximum absolute atomic E-state index is 12.5. The Bertz CT molecular complexity index is 1500. The highest BCUT2D eigenvalue weighted by atomic mass is 16.6. The summed E-state index contributed by atoms with van der Waals surface area (Å²) >= 11 is 0. The first kappa shape index (κ1) is 27.1. The van der Waals surface area contributed by atoms with Crippen LogP contribution in [0.25, 0.3) is 32.9 Å². The summed E-state index contributed by atoms with van der Waals surface area (Å²) in [5.74, 6) is -0.294. The van der Waals surface area contributed by atoms with E-state index >= 15 is 0 Å². The first-order valence-electron chi connectivity index (χ1n) is 12.6. The minimum Gasteiger partial charge on any atom is -0.460 e. The lowest BCUT2D eigenvalue weighted by Crippen LogP contribution is -2.27. The SMILES string of the molecule is CC(C)(C)OC(=O)Cc1ccc2c(c1)c(-c1ccc(CO)cc1)nc1cc(NC(=O)OC(C)(C)C)ccc12. The number of benzene rings is 3. The number of ether oxygens (including phenoxy) is 2. The van der Waals surface area contributed by atoms with Gasteiger partial charge in [-0.3, -0.25) is 10.1 Å². The third kappa shape index (κ3) is 6.66. The normalized spacial score (nSPS) is 12.0. The molecule has 0 aliphatic heterocycles. The van der Waals surface area contributed by atoms with Gasteiger partial charge in [-0.1, -0.05) is 42.5 Å². The summed E-state index contributed by atoms with van der Waals surface area (Å²) in [5, 5.41) is 15.0. The molecule has 0 bridgehead atoms. The van der Waals surface area contributed by atoms with E-state index in [-0.39, 0.29) is 19.0 Å². The average Bonchev–Trinajstić information content (AvgIpc) is 2.81. The van der Waals surface area contributed by atoms with Crippen molar-refractivity contribution in [2.75, 3.05) is 5.32 Å². The van der Waals surface area contributed by atoms with Crippen LogP contribution in [0.1, 0.15) is 52.7 Å². The molecule has 1 amide bonds. The standard InChI is InChI=1S/C31H34N2O5/c1-30(2,3)37-27(35)16-20-9-13-23-24-14-12-22(32-29(36)38-31(4,5)6)17-26(24)33-28(25(23)15-20)21-10-7-19(18-34)8-11-21/h7-15,17,34H,16,18H2,1-6H3,(H,32,36). The second kappa shape index (κ2) is 10.4. The molecule has 0 saturated heterocycles. The number of rotatable bonds is 5. The lowest BCUT2D eigenvalue weighted by molar-refractivity contribution is -0.153. The number of carbonyl (C=O) groups is 2. The fourth-order valence-electron chi connectivity index (χ4n) is 4.20. The van der Waals surface area contributed by atoms with E-state index in [1.807, 2.05) is 102 Å². The number of aliphatic hydroxyl groups excluding tert-OH is 1. The molecule has 4 rings (SSSR count). The van der Waals surface area contributed by atoms with Gasteiger partial charge >= 0.3 is 12.1 Å². The van der Waals surface area contributed by atoms with Crippen LogP contribution in [-0.4, -0.2) is 33.4 Å². The van der Waals surface area contributed by atoms with Crippen LogP contribution < -0.4 is 5.32 Å². The van der Waals surface area contributed by atoms with Crippen LogP contribution in [0, 0.1) is 0 Å². The van der Waals surface area contributed by atoms with Crippen molar-refractivity contribution in [2.24, 2.45) is 0 Å². The number of nitrogens with zero attached hydrogens (tertiary/aromatic N) is 1. The van der Waals surface area contributed by atoms with E-state index in [9.17, 15) is 14.7 Å². The van der Waals surface area contributed by atoms with Gasteiger partial charge in [0.1, 0.15) is 11.2 Å². The molecular weight excluding hydrogens is 480 g/mol. The van der Waals surface area contributed by atoms with Crippen LogP contribution in [0.2, 0.25) is 0 Å². The van der Waals surface area contributed by atoms with Crippen molar-refractivity contribution in [2.45, 2.75) is 65.8 Å². The summed E-state index contributed by atoms with van der Waals surface area (Å²) in [5.41, 5.74) is 3.33. The molecule has 198 valence electrons. The lowest BCUT2D eigenvalue weighted by Gasteiger charge is -2.20. The van der Waals surface area contributed by atoms with Gasteiger partial charge in [-0.05, 0) is 76.3 Å². The van der Waals surface area contributed by atoms with Crippen molar-refractivity contribution in [3.8, 4) is 11.3 Å². The van der Waals surface area contributed by atoms with Gasteiger partial charge in [0.25, 0.3) is 0 Å². The first-order chi connectivity index (χ1) is 17.8. The summed E-state index contributed by atoms with van der Waals surface area (Å²) < 4.78 is 10.9. The highest BCUT2D eigenvalue weighted by Crippen LogP contribution is 2.34. The number of esters is 1. The number of amides is 1.